The third-order valence-electron chi connectivity index (χ3n) is 2.86. The highest BCUT2D eigenvalue weighted by molar-refractivity contribution is 4.62. The van der Waals surface area contributed by atoms with Gasteiger partial charge in [-0.2, -0.15) is 0 Å². The maximum atomic E-state index is 5.24. The summed E-state index contributed by atoms with van der Waals surface area (Å²) in [6.07, 6.45) is 2.34. The first kappa shape index (κ1) is 18.8. The second-order valence-corrected chi connectivity index (χ2v) is 5.40. The van der Waals surface area contributed by atoms with Crippen molar-refractivity contribution in [1.82, 2.24) is 10.2 Å². The molecule has 1 rings (SSSR count). The minimum absolute atomic E-state index is 0. The van der Waals surface area contributed by atoms with Crippen molar-refractivity contribution in [2.45, 2.75) is 33.6 Å². The number of morpholine rings is 1. The molecule has 0 radical (unpaired) electrons. The molecule has 0 unspecified atom stereocenters. The van der Waals surface area contributed by atoms with E-state index in [0.717, 1.165) is 58.3 Å². The van der Waals surface area contributed by atoms with Crippen molar-refractivity contribution in [3.8, 4) is 0 Å². The Kier molecular flexibility index (Phi) is 14.1. The summed E-state index contributed by atoms with van der Waals surface area (Å²) in [4.78, 5) is 2.47. The average Bonchev–Trinajstić information content (AvgIpc) is 2.40. The summed E-state index contributed by atoms with van der Waals surface area (Å²) in [6.45, 7) is 15.1. The van der Waals surface area contributed by atoms with Crippen molar-refractivity contribution in [2.24, 2.45) is 5.92 Å². The maximum Gasteiger partial charge on any atom is 0.0594 e. The Hall–Kier alpha value is -0.160. The van der Waals surface area contributed by atoms with Gasteiger partial charge >= 0.3 is 0 Å². The zero-order valence-corrected chi connectivity index (χ0v) is 13.4. The largest absolute Gasteiger partial charge is 0.385 e. The first-order valence-electron chi connectivity index (χ1n) is 7.70. The summed E-state index contributed by atoms with van der Waals surface area (Å²) in [5.41, 5.74) is 0. The van der Waals surface area contributed by atoms with Gasteiger partial charge in [0.15, 0.2) is 0 Å². The fraction of sp³-hybridized carbons (Fsp3) is 1.00. The Morgan fingerprint density at radius 2 is 1.95 bits per heavy atom. The molecule has 0 aromatic heterocycles. The Bertz CT molecular complexity index is 171. The zero-order chi connectivity index (χ0) is 14.3. The predicted octanol–water partition coefficient (Wildman–Crippen LogP) is 2.24. The molecule has 0 aromatic rings. The molecule has 1 fully saturated rings. The minimum atomic E-state index is 0. The van der Waals surface area contributed by atoms with E-state index >= 15 is 0 Å². The Balaban J connectivity index is 0. The van der Waals surface area contributed by atoms with Crippen LogP contribution in [0.3, 0.4) is 0 Å². The highest BCUT2D eigenvalue weighted by atomic mass is 16.5. The van der Waals surface area contributed by atoms with E-state index < -0.39 is 0 Å². The molecule has 1 heterocycles. The van der Waals surface area contributed by atoms with Crippen molar-refractivity contribution in [3.63, 3.8) is 0 Å². The van der Waals surface area contributed by atoms with Gasteiger partial charge in [0.05, 0.1) is 13.2 Å². The predicted molar refractivity (Wildman–Crippen MR) is 83.9 cm³/mol. The summed E-state index contributed by atoms with van der Waals surface area (Å²) < 4.78 is 10.1. The number of methoxy groups -OCH3 is 1. The normalized spacial score (nSPS) is 16.3. The van der Waals surface area contributed by atoms with Crippen molar-refractivity contribution >= 4 is 0 Å². The molecular formula is C15H36N2O2. The van der Waals surface area contributed by atoms with E-state index in [2.05, 4.69) is 31.0 Å². The number of hydrogen-bond donors (Lipinski definition) is 1. The van der Waals surface area contributed by atoms with Gasteiger partial charge in [-0.05, 0) is 31.8 Å². The number of rotatable bonds is 8. The zero-order valence-electron chi connectivity index (χ0n) is 13.4. The molecule has 0 spiro atoms. The number of ether oxygens (including phenoxy) is 2. The monoisotopic (exact) mass is 276 g/mol. The van der Waals surface area contributed by atoms with Crippen LogP contribution in [0.25, 0.3) is 0 Å². The third kappa shape index (κ3) is 14.1. The standard InChI is InChI=1S/C8H17NO.C7H17NO.H2/c1-8(2)7-9-3-5-10-6-4-9;1-3-5-8-6-4-7-9-2;/h8H,3-7H2,1-2H3;8H,3-7H2,1-2H3;1H. The van der Waals surface area contributed by atoms with Gasteiger partial charge in [0.1, 0.15) is 0 Å². The Labute approximate surface area is 121 Å². The van der Waals surface area contributed by atoms with Crippen molar-refractivity contribution in [1.29, 1.82) is 0 Å². The summed E-state index contributed by atoms with van der Waals surface area (Å²) in [5, 5.41) is 3.29. The molecule has 0 aliphatic carbocycles. The summed E-state index contributed by atoms with van der Waals surface area (Å²) >= 11 is 0. The van der Waals surface area contributed by atoms with Gasteiger partial charge in [-0.15, -0.1) is 0 Å². The average molecular weight is 276 g/mol. The first-order chi connectivity index (χ1) is 9.20. The molecule has 118 valence electrons. The van der Waals surface area contributed by atoms with Crippen LogP contribution in [-0.4, -0.2) is 64.6 Å². The van der Waals surface area contributed by atoms with Crippen LogP contribution in [0.2, 0.25) is 0 Å². The van der Waals surface area contributed by atoms with E-state index in [1.54, 1.807) is 7.11 Å². The Morgan fingerprint density at radius 1 is 1.26 bits per heavy atom. The number of hydrogen-bond acceptors (Lipinski definition) is 4. The Morgan fingerprint density at radius 3 is 2.47 bits per heavy atom. The molecule has 0 atom stereocenters. The van der Waals surface area contributed by atoms with Gasteiger partial charge in [-0.25, -0.2) is 0 Å². The highest BCUT2D eigenvalue weighted by Gasteiger charge is 2.10. The summed E-state index contributed by atoms with van der Waals surface area (Å²) in [5.74, 6) is 0.790. The molecule has 4 heteroatoms. The van der Waals surface area contributed by atoms with Crippen LogP contribution in [0.1, 0.15) is 35.0 Å². The first-order valence-corrected chi connectivity index (χ1v) is 7.70. The van der Waals surface area contributed by atoms with Crippen LogP contribution in [0.5, 0.6) is 0 Å². The molecule has 4 nitrogen and oxygen atoms in total. The second-order valence-electron chi connectivity index (χ2n) is 5.40. The van der Waals surface area contributed by atoms with Crippen LogP contribution in [0.15, 0.2) is 0 Å². The van der Waals surface area contributed by atoms with E-state index in [0.29, 0.717) is 0 Å². The summed E-state index contributed by atoms with van der Waals surface area (Å²) in [6, 6.07) is 0. The third-order valence-corrected chi connectivity index (χ3v) is 2.86. The van der Waals surface area contributed by atoms with Gasteiger partial charge < -0.3 is 14.8 Å². The molecule has 0 aromatic carbocycles. The van der Waals surface area contributed by atoms with Gasteiger partial charge in [-0.3, -0.25) is 4.90 Å². The molecule has 1 N–H and O–H groups in total. The number of nitrogens with one attached hydrogen (secondary N) is 1. The van der Waals surface area contributed by atoms with Crippen molar-refractivity contribution in [2.75, 3.05) is 59.7 Å². The molecule has 0 amide bonds. The highest BCUT2D eigenvalue weighted by Crippen LogP contribution is 2.01. The maximum absolute atomic E-state index is 5.24. The van der Waals surface area contributed by atoms with E-state index in [1.165, 1.54) is 13.0 Å². The molecular weight excluding hydrogens is 240 g/mol. The quantitative estimate of drug-likeness (QED) is 0.689. The number of nitrogens with zero attached hydrogens (tertiary/aromatic N) is 1. The topological polar surface area (TPSA) is 33.7 Å². The smallest absolute Gasteiger partial charge is 0.0594 e. The van der Waals surface area contributed by atoms with Crippen LogP contribution in [0, 0.1) is 5.92 Å². The molecule has 0 saturated carbocycles. The lowest BCUT2D eigenvalue weighted by atomic mass is 10.2. The van der Waals surface area contributed by atoms with Gasteiger partial charge in [0, 0.05) is 34.8 Å². The van der Waals surface area contributed by atoms with E-state index in [1.807, 2.05) is 0 Å². The van der Waals surface area contributed by atoms with E-state index in [-0.39, 0.29) is 1.43 Å². The van der Waals surface area contributed by atoms with Crippen LogP contribution >= 0.6 is 0 Å². The van der Waals surface area contributed by atoms with Gasteiger partial charge in [0.25, 0.3) is 0 Å². The molecule has 1 saturated heterocycles. The van der Waals surface area contributed by atoms with E-state index in [9.17, 15) is 0 Å². The van der Waals surface area contributed by atoms with Gasteiger partial charge in [-0.1, -0.05) is 20.8 Å². The molecule has 19 heavy (non-hydrogen) atoms. The van der Waals surface area contributed by atoms with E-state index in [4.69, 9.17) is 9.47 Å². The SMILES string of the molecule is CC(C)CN1CCOCC1.CCCNCCCOC.[HH]. The minimum Gasteiger partial charge on any atom is -0.385 e. The van der Waals surface area contributed by atoms with Crippen LogP contribution in [-0.2, 0) is 9.47 Å². The van der Waals surface area contributed by atoms with Crippen molar-refractivity contribution < 1.29 is 10.9 Å². The van der Waals surface area contributed by atoms with Crippen LogP contribution in [0.4, 0.5) is 0 Å². The fourth-order valence-electron chi connectivity index (χ4n) is 1.94. The van der Waals surface area contributed by atoms with Gasteiger partial charge in [0.2, 0.25) is 0 Å². The molecule has 1 aliphatic rings. The lowest BCUT2D eigenvalue weighted by Crippen LogP contribution is -2.38. The molecule has 1 aliphatic heterocycles. The van der Waals surface area contributed by atoms with Crippen molar-refractivity contribution in [3.05, 3.63) is 0 Å². The fourth-order valence-corrected chi connectivity index (χ4v) is 1.94. The second kappa shape index (κ2) is 14.3. The lowest BCUT2D eigenvalue weighted by molar-refractivity contribution is 0.0329. The summed E-state index contributed by atoms with van der Waals surface area (Å²) in [7, 11) is 1.74. The van der Waals surface area contributed by atoms with Crippen LogP contribution < -0.4 is 5.32 Å². The molecule has 0 bridgehead atoms. The lowest BCUT2D eigenvalue weighted by Gasteiger charge is -2.27.